The highest BCUT2D eigenvalue weighted by molar-refractivity contribution is 7.89. The van der Waals surface area contributed by atoms with E-state index < -0.39 is 32.7 Å². The molecule has 0 unspecified atom stereocenters. The second-order valence-corrected chi connectivity index (χ2v) is 8.57. The predicted octanol–water partition coefficient (Wildman–Crippen LogP) is 1.80. The minimum absolute atomic E-state index is 0.0415. The molecule has 2 rings (SSSR count). The average molecular weight is 354 g/mol. The van der Waals surface area contributed by atoms with E-state index in [2.05, 4.69) is 5.32 Å². The lowest BCUT2D eigenvalue weighted by atomic mass is 9.65. The van der Waals surface area contributed by atoms with E-state index in [1.807, 2.05) is 0 Å². The molecular weight excluding hydrogens is 332 g/mol. The second-order valence-electron chi connectivity index (χ2n) is 7.01. The molecule has 2 atom stereocenters. The second kappa shape index (κ2) is 5.86. The first kappa shape index (κ1) is 18.4. The van der Waals surface area contributed by atoms with E-state index in [4.69, 9.17) is 5.14 Å². The Balaban J connectivity index is 2.18. The van der Waals surface area contributed by atoms with Crippen molar-refractivity contribution in [2.24, 2.45) is 21.9 Å². The highest BCUT2D eigenvalue weighted by Crippen LogP contribution is 2.56. The number of carbonyl (C=O) groups excluding carboxylic acids is 1. The number of hydrogen-bond donors (Lipinski definition) is 3. The summed E-state index contributed by atoms with van der Waals surface area (Å²) < 4.78 is 22.5. The lowest BCUT2D eigenvalue weighted by molar-refractivity contribution is -0.154. The van der Waals surface area contributed by atoms with Gasteiger partial charge in [-0.2, -0.15) is 0 Å². The number of nitrogens with one attached hydrogen (secondary N) is 1. The maximum Gasteiger partial charge on any atom is 0.309 e. The van der Waals surface area contributed by atoms with Gasteiger partial charge in [-0.3, -0.25) is 9.59 Å². The first-order chi connectivity index (χ1) is 10.9. The molecule has 132 valence electrons. The molecule has 24 heavy (non-hydrogen) atoms. The molecule has 1 aromatic carbocycles. The van der Waals surface area contributed by atoms with Gasteiger partial charge in [-0.1, -0.05) is 13.8 Å². The Bertz CT molecular complexity index is 770. The summed E-state index contributed by atoms with van der Waals surface area (Å²) in [6.07, 6.45) is 0.911. The number of primary sulfonamides is 1. The molecule has 0 aliphatic heterocycles. The fourth-order valence-corrected chi connectivity index (χ4v) is 3.81. The maximum atomic E-state index is 12.6. The summed E-state index contributed by atoms with van der Waals surface area (Å²) in [6, 6.07) is 5.53. The number of rotatable bonds is 4. The van der Waals surface area contributed by atoms with E-state index in [0.717, 1.165) is 0 Å². The van der Waals surface area contributed by atoms with Crippen molar-refractivity contribution < 1.29 is 23.1 Å². The normalized spacial score (nSPS) is 26.1. The molecule has 0 bridgehead atoms. The van der Waals surface area contributed by atoms with Crippen LogP contribution in [0.2, 0.25) is 0 Å². The van der Waals surface area contributed by atoms with E-state index in [-0.39, 0.29) is 10.8 Å². The van der Waals surface area contributed by atoms with Gasteiger partial charge < -0.3 is 10.4 Å². The molecule has 1 aliphatic rings. The zero-order valence-electron chi connectivity index (χ0n) is 13.9. The maximum absolute atomic E-state index is 12.6. The number of carboxylic acids is 1. The van der Waals surface area contributed by atoms with Crippen molar-refractivity contribution in [3.8, 4) is 0 Å². The Morgan fingerprint density at radius 1 is 1.21 bits per heavy atom. The molecular formula is C16H22N2O5S. The van der Waals surface area contributed by atoms with Gasteiger partial charge in [0.05, 0.1) is 10.3 Å². The van der Waals surface area contributed by atoms with E-state index in [1.54, 1.807) is 20.8 Å². The molecule has 4 N–H and O–H groups in total. The summed E-state index contributed by atoms with van der Waals surface area (Å²) in [5.74, 6) is -1.62. The molecule has 8 heteroatoms. The summed E-state index contributed by atoms with van der Waals surface area (Å²) in [4.78, 5) is 24.1. The monoisotopic (exact) mass is 354 g/mol. The summed E-state index contributed by atoms with van der Waals surface area (Å²) in [5.41, 5.74) is -1.23. The minimum atomic E-state index is -3.79. The van der Waals surface area contributed by atoms with Gasteiger partial charge in [0.1, 0.15) is 0 Å². The number of anilines is 1. The lowest BCUT2D eigenvalue weighted by Crippen LogP contribution is -2.43. The van der Waals surface area contributed by atoms with Crippen molar-refractivity contribution in [1.29, 1.82) is 0 Å². The first-order valence-electron chi connectivity index (χ1n) is 7.57. The van der Waals surface area contributed by atoms with Crippen molar-refractivity contribution in [2.75, 3.05) is 5.32 Å². The highest BCUT2D eigenvalue weighted by atomic mass is 32.2. The zero-order valence-corrected chi connectivity index (χ0v) is 14.7. The summed E-state index contributed by atoms with van der Waals surface area (Å²) in [5, 5.41) is 17.3. The molecule has 1 aliphatic carbocycles. The van der Waals surface area contributed by atoms with Crippen LogP contribution in [0.4, 0.5) is 5.69 Å². The number of nitrogens with two attached hydrogens (primary N) is 1. The molecule has 1 fully saturated rings. The standard InChI is InChI=1S/C16H22N2O5S/c1-15(2)12(8-9-16(15,3)14(20)21)13(19)18-10-4-6-11(7-5-10)24(17,22)23/h4-7,12H,8-9H2,1-3H3,(H,18,19)(H,20,21)(H2,17,22,23)/t12-,16+/m0/s1. The van der Waals surface area contributed by atoms with Crippen LogP contribution in [0, 0.1) is 16.7 Å². The largest absolute Gasteiger partial charge is 0.481 e. The van der Waals surface area contributed by atoms with Crippen molar-refractivity contribution in [1.82, 2.24) is 0 Å². The first-order valence-corrected chi connectivity index (χ1v) is 9.11. The average Bonchev–Trinajstić information content (AvgIpc) is 2.70. The van der Waals surface area contributed by atoms with Gasteiger partial charge in [-0.05, 0) is 49.4 Å². The SMILES string of the molecule is CC1(C)[C@H](C(=O)Nc2ccc(S(N)(=O)=O)cc2)CC[C@]1(C)C(=O)O. The van der Waals surface area contributed by atoms with Gasteiger partial charge in [-0.25, -0.2) is 13.6 Å². The summed E-state index contributed by atoms with van der Waals surface area (Å²) in [6.45, 7) is 5.26. The minimum Gasteiger partial charge on any atom is -0.481 e. The van der Waals surface area contributed by atoms with Gasteiger partial charge in [0.25, 0.3) is 0 Å². The lowest BCUT2D eigenvalue weighted by Gasteiger charge is -2.37. The van der Waals surface area contributed by atoms with Gasteiger partial charge >= 0.3 is 5.97 Å². The fourth-order valence-electron chi connectivity index (χ4n) is 3.30. The van der Waals surface area contributed by atoms with Gasteiger partial charge in [0.15, 0.2) is 0 Å². The van der Waals surface area contributed by atoms with Crippen molar-refractivity contribution in [3.63, 3.8) is 0 Å². The molecule has 0 spiro atoms. The summed E-state index contributed by atoms with van der Waals surface area (Å²) >= 11 is 0. The van der Waals surface area contributed by atoms with E-state index in [0.29, 0.717) is 18.5 Å². The van der Waals surface area contributed by atoms with Crippen LogP contribution in [-0.4, -0.2) is 25.4 Å². The fraction of sp³-hybridized carbons (Fsp3) is 0.500. The van der Waals surface area contributed by atoms with Crippen molar-refractivity contribution in [2.45, 2.75) is 38.5 Å². The third-order valence-corrected chi connectivity index (χ3v) is 6.39. The number of sulfonamides is 1. The van der Waals surface area contributed by atoms with Crippen molar-refractivity contribution in [3.05, 3.63) is 24.3 Å². The Morgan fingerprint density at radius 3 is 2.17 bits per heavy atom. The van der Waals surface area contributed by atoms with Gasteiger partial charge in [0, 0.05) is 11.6 Å². The highest BCUT2D eigenvalue weighted by Gasteiger charge is 2.58. The van der Waals surface area contributed by atoms with E-state index >= 15 is 0 Å². The third-order valence-electron chi connectivity index (χ3n) is 5.47. The third kappa shape index (κ3) is 3.03. The van der Waals surface area contributed by atoms with E-state index in [1.165, 1.54) is 24.3 Å². The van der Waals surface area contributed by atoms with Crippen LogP contribution in [0.5, 0.6) is 0 Å². The Morgan fingerprint density at radius 2 is 1.75 bits per heavy atom. The van der Waals surface area contributed by atoms with Crippen LogP contribution in [-0.2, 0) is 19.6 Å². The molecule has 0 radical (unpaired) electrons. The number of amides is 1. The smallest absolute Gasteiger partial charge is 0.309 e. The molecule has 1 amide bonds. The Kier molecular flexibility index (Phi) is 4.49. The van der Waals surface area contributed by atoms with Crippen LogP contribution < -0.4 is 10.5 Å². The number of carbonyl (C=O) groups is 2. The quantitative estimate of drug-likeness (QED) is 0.760. The Hall–Kier alpha value is -1.93. The molecule has 1 saturated carbocycles. The number of hydrogen-bond acceptors (Lipinski definition) is 4. The number of carboxylic acid groups (broad SMARTS) is 1. The summed E-state index contributed by atoms with van der Waals surface area (Å²) in [7, 11) is -3.79. The molecule has 0 heterocycles. The van der Waals surface area contributed by atoms with Gasteiger partial charge in [0.2, 0.25) is 15.9 Å². The van der Waals surface area contributed by atoms with E-state index in [9.17, 15) is 23.1 Å². The predicted molar refractivity (Wildman–Crippen MR) is 88.7 cm³/mol. The Labute approximate surface area is 141 Å². The van der Waals surface area contributed by atoms with Crippen LogP contribution in [0.25, 0.3) is 0 Å². The topological polar surface area (TPSA) is 127 Å². The van der Waals surface area contributed by atoms with Crippen LogP contribution >= 0.6 is 0 Å². The van der Waals surface area contributed by atoms with Crippen LogP contribution in [0.1, 0.15) is 33.6 Å². The molecule has 0 saturated heterocycles. The van der Waals surface area contributed by atoms with Crippen LogP contribution in [0.3, 0.4) is 0 Å². The number of aliphatic carboxylic acids is 1. The van der Waals surface area contributed by atoms with Crippen LogP contribution in [0.15, 0.2) is 29.2 Å². The molecule has 7 nitrogen and oxygen atoms in total. The molecule has 0 aromatic heterocycles. The van der Waals surface area contributed by atoms with Crippen molar-refractivity contribution >= 4 is 27.6 Å². The number of benzene rings is 1. The molecule has 1 aromatic rings. The zero-order chi connectivity index (χ0) is 18.3. The van der Waals surface area contributed by atoms with Gasteiger partial charge in [-0.15, -0.1) is 0 Å².